The fourth-order valence-electron chi connectivity index (χ4n) is 1.34. The molecule has 0 saturated heterocycles. The lowest BCUT2D eigenvalue weighted by Crippen LogP contribution is -2.14. The molecule has 0 spiro atoms. The van der Waals surface area contributed by atoms with E-state index in [0.29, 0.717) is 18.2 Å². The molecule has 2 N–H and O–H groups in total. The number of halogens is 4. The first-order chi connectivity index (χ1) is 7.71. The van der Waals surface area contributed by atoms with Gasteiger partial charge in [0.1, 0.15) is 5.82 Å². The van der Waals surface area contributed by atoms with Crippen LogP contribution in [0.25, 0.3) is 0 Å². The van der Waals surface area contributed by atoms with Crippen molar-refractivity contribution in [2.75, 3.05) is 0 Å². The molecular formula is C10H8F4O3. The third kappa shape index (κ3) is 3.42. The Morgan fingerprint density at radius 1 is 1.35 bits per heavy atom. The minimum Gasteiger partial charge on any atom is -0.481 e. The van der Waals surface area contributed by atoms with Crippen LogP contribution in [0.2, 0.25) is 0 Å². The van der Waals surface area contributed by atoms with Crippen LogP contribution < -0.4 is 0 Å². The van der Waals surface area contributed by atoms with Gasteiger partial charge in [0.2, 0.25) is 0 Å². The minimum atomic E-state index is -4.78. The number of carbonyl (C=O) groups is 1. The van der Waals surface area contributed by atoms with Gasteiger partial charge in [0.15, 0.2) is 0 Å². The number of aliphatic carboxylic acids is 1. The molecule has 1 aromatic carbocycles. The predicted molar refractivity (Wildman–Crippen MR) is 48.6 cm³/mol. The maximum absolute atomic E-state index is 12.8. The molecule has 0 aliphatic carbocycles. The van der Waals surface area contributed by atoms with E-state index >= 15 is 0 Å². The van der Waals surface area contributed by atoms with E-state index in [1.165, 1.54) is 0 Å². The lowest BCUT2D eigenvalue weighted by Gasteiger charge is -2.16. The monoisotopic (exact) mass is 252 g/mol. The smallest absolute Gasteiger partial charge is 0.416 e. The van der Waals surface area contributed by atoms with Crippen molar-refractivity contribution in [2.24, 2.45) is 0 Å². The fraction of sp³-hybridized carbons (Fsp3) is 0.300. The Morgan fingerprint density at radius 3 is 2.41 bits per heavy atom. The van der Waals surface area contributed by atoms with Crippen LogP contribution in [0.5, 0.6) is 0 Å². The SMILES string of the molecule is O=C(O)C[C@@H](O)c1cc(F)ccc1C(F)(F)F. The molecule has 3 nitrogen and oxygen atoms in total. The molecule has 1 atom stereocenters. The molecule has 1 aromatic rings. The molecule has 0 aromatic heterocycles. The van der Waals surface area contributed by atoms with E-state index in [4.69, 9.17) is 5.11 Å². The zero-order valence-electron chi connectivity index (χ0n) is 8.33. The molecule has 17 heavy (non-hydrogen) atoms. The van der Waals surface area contributed by atoms with Gasteiger partial charge < -0.3 is 10.2 Å². The first-order valence-electron chi connectivity index (χ1n) is 4.48. The van der Waals surface area contributed by atoms with Gasteiger partial charge in [0, 0.05) is 0 Å². The average Bonchev–Trinajstić information content (AvgIpc) is 2.14. The van der Waals surface area contributed by atoms with Crippen LogP contribution in [0.3, 0.4) is 0 Å². The summed E-state index contributed by atoms with van der Waals surface area (Å²) in [6.07, 6.45) is -7.60. The molecule has 0 fully saturated rings. The van der Waals surface area contributed by atoms with Crippen LogP contribution in [0.15, 0.2) is 18.2 Å². The van der Waals surface area contributed by atoms with Crippen LogP contribution in [-0.4, -0.2) is 16.2 Å². The maximum Gasteiger partial charge on any atom is 0.416 e. The third-order valence-electron chi connectivity index (χ3n) is 2.05. The van der Waals surface area contributed by atoms with Crippen molar-refractivity contribution in [1.29, 1.82) is 0 Å². The highest BCUT2D eigenvalue weighted by atomic mass is 19.4. The van der Waals surface area contributed by atoms with Crippen molar-refractivity contribution in [3.8, 4) is 0 Å². The summed E-state index contributed by atoms with van der Waals surface area (Å²) in [5.41, 5.74) is -2.02. The van der Waals surface area contributed by atoms with E-state index in [-0.39, 0.29) is 0 Å². The second-order valence-corrected chi connectivity index (χ2v) is 3.34. The van der Waals surface area contributed by atoms with Gasteiger partial charge >= 0.3 is 12.1 Å². The molecule has 0 aliphatic heterocycles. The highest BCUT2D eigenvalue weighted by molar-refractivity contribution is 5.67. The molecule has 0 amide bonds. The summed E-state index contributed by atoms with van der Waals surface area (Å²) in [5, 5.41) is 17.7. The lowest BCUT2D eigenvalue weighted by atomic mass is 9.99. The van der Waals surface area contributed by atoms with E-state index in [9.17, 15) is 27.5 Å². The van der Waals surface area contributed by atoms with E-state index in [2.05, 4.69) is 0 Å². The summed E-state index contributed by atoms with van der Waals surface area (Å²) in [4.78, 5) is 10.3. The molecule has 0 saturated carbocycles. The van der Waals surface area contributed by atoms with Crippen LogP contribution in [0, 0.1) is 5.82 Å². The molecule has 0 heterocycles. The predicted octanol–water partition coefficient (Wildman–Crippen LogP) is 2.35. The van der Waals surface area contributed by atoms with Crippen molar-refractivity contribution in [3.05, 3.63) is 35.1 Å². The van der Waals surface area contributed by atoms with E-state index in [0.717, 1.165) is 0 Å². The quantitative estimate of drug-likeness (QED) is 0.812. The van der Waals surface area contributed by atoms with E-state index in [1.54, 1.807) is 0 Å². The van der Waals surface area contributed by atoms with Crippen molar-refractivity contribution in [2.45, 2.75) is 18.7 Å². The van der Waals surface area contributed by atoms with Crippen molar-refractivity contribution in [3.63, 3.8) is 0 Å². The Labute approximate surface area is 93.3 Å². The number of aliphatic hydroxyl groups excluding tert-OH is 1. The summed E-state index contributed by atoms with van der Waals surface area (Å²) in [6, 6.07) is 1.55. The van der Waals surface area contributed by atoms with Crippen LogP contribution >= 0.6 is 0 Å². The Bertz CT molecular complexity index is 428. The van der Waals surface area contributed by atoms with Crippen molar-refractivity contribution in [1.82, 2.24) is 0 Å². The molecule has 0 radical (unpaired) electrons. The Hall–Kier alpha value is -1.63. The van der Waals surface area contributed by atoms with Gasteiger partial charge in [-0.05, 0) is 23.8 Å². The number of alkyl halides is 3. The standard InChI is InChI=1S/C10H8F4O3/c11-5-1-2-7(10(12,13)14)6(3-5)8(15)4-9(16)17/h1-3,8,15H,4H2,(H,16,17)/t8-/m1/s1. The summed E-state index contributed by atoms with van der Waals surface area (Å²) >= 11 is 0. The molecule has 7 heteroatoms. The van der Waals surface area contributed by atoms with E-state index in [1.807, 2.05) is 0 Å². The Balaban J connectivity index is 3.20. The maximum atomic E-state index is 12.8. The van der Waals surface area contributed by atoms with Crippen molar-refractivity contribution >= 4 is 5.97 Å². The summed E-state index contributed by atoms with van der Waals surface area (Å²) in [7, 11) is 0. The van der Waals surface area contributed by atoms with Crippen LogP contribution in [0.4, 0.5) is 17.6 Å². The van der Waals surface area contributed by atoms with Crippen molar-refractivity contribution < 1.29 is 32.6 Å². The summed E-state index contributed by atoms with van der Waals surface area (Å²) in [6.45, 7) is 0. The van der Waals surface area contributed by atoms with E-state index < -0.39 is 41.6 Å². The van der Waals surface area contributed by atoms with Crippen LogP contribution in [0.1, 0.15) is 23.7 Å². The zero-order chi connectivity index (χ0) is 13.2. The number of rotatable bonds is 3. The Kier molecular flexibility index (Phi) is 3.72. The topological polar surface area (TPSA) is 57.5 Å². The number of carboxylic acids is 1. The highest BCUT2D eigenvalue weighted by Gasteiger charge is 2.35. The van der Waals surface area contributed by atoms with Gasteiger partial charge in [0.05, 0.1) is 18.1 Å². The van der Waals surface area contributed by atoms with Crippen LogP contribution in [-0.2, 0) is 11.0 Å². The largest absolute Gasteiger partial charge is 0.481 e. The van der Waals surface area contributed by atoms with Gasteiger partial charge in [-0.25, -0.2) is 4.39 Å². The average molecular weight is 252 g/mol. The first kappa shape index (κ1) is 13.4. The summed E-state index contributed by atoms with van der Waals surface area (Å²) < 4.78 is 50.3. The highest BCUT2D eigenvalue weighted by Crippen LogP contribution is 2.35. The normalized spacial score (nSPS) is 13.5. The summed E-state index contributed by atoms with van der Waals surface area (Å²) in [5.74, 6) is -2.45. The minimum absolute atomic E-state index is 0.468. The number of hydrogen-bond acceptors (Lipinski definition) is 2. The molecule has 94 valence electrons. The number of aliphatic hydroxyl groups is 1. The Morgan fingerprint density at radius 2 is 1.94 bits per heavy atom. The molecule has 0 unspecified atom stereocenters. The second kappa shape index (κ2) is 4.70. The van der Waals surface area contributed by atoms with Gasteiger partial charge in [0.25, 0.3) is 0 Å². The van der Waals surface area contributed by atoms with Gasteiger partial charge in [-0.2, -0.15) is 13.2 Å². The van der Waals surface area contributed by atoms with Gasteiger partial charge in [-0.15, -0.1) is 0 Å². The molecule has 1 rings (SSSR count). The zero-order valence-corrected chi connectivity index (χ0v) is 8.33. The molecule has 0 bridgehead atoms. The van der Waals surface area contributed by atoms with Gasteiger partial charge in [-0.3, -0.25) is 4.79 Å². The lowest BCUT2D eigenvalue weighted by molar-refractivity contribution is -0.143. The fourth-order valence-corrected chi connectivity index (χ4v) is 1.34. The number of carboxylic acid groups (broad SMARTS) is 1. The third-order valence-corrected chi connectivity index (χ3v) is 2.05. The second-order valence-electron chi connectivity index (χ2n) is 3.34. The first-order valence-corrected chi connectivity index (χ1v) is 4.48. The number of hydrogen-bond donors (Lipinski definition) is 2. The molecule has 0 aliphatic rings. The number of benzene rings is 1. The molecular weight excluding hydrogens is 244 g/mol. The van der Waals surface area contributed by atoms with Gasteiger partial charge in [-0.1, -0.05) is 0 Å².